The summed E-state index contributed by atoms with van der Waals surface area (Å²) in [7, 11) is 0. The van der Waals surface area contributed by atoms with Crippen LogP contribution in [0.1, 0.15) is 35.6 Å². The van der Waals surface area contributed by atoms with Gasteiger partial charge in [0.1, 0.15) is 6.73 Å². The van der Waals surface area contributed by atoms with E-state index in [9.17, 15) is 5.11 Å². The maximum atomic E-state index is 9.82. The van der Waals surface area contributed by atoms with Gasteiger partial charge in [0.25, 0.3) is 0 Å². The van der Waals surface area contributed by atoms with Gasteiger partial charge in [0.15, 0.2) is 0 Å². The van der Waals surface area contributed by atoms with Crippen LogP contribution >= 0.6 is 0 Å². The average molecular weight is 336 g/mol. The predicted molar refractivity (Wildman–Crippen MR) is 105 cm³/mol. The first-order valence-electron chi connectivity index (χ1n) is 9.02. The molecule has 0 aromatic heterocycles. The molecule has 0 bridgehead atoms. The Morgan fingerprint density at radius 2 is 1.68 bits per heavy atom. The van der Waals surface area contributed by atoms with Crippen molar-refractivity contribution in [3.05, 3.63) is 77.5 Å². The van der Waals surface area contributed by atoms with Crippen molar-refractivity contribution in [2.75, 3.05) is 24.7 Å². The average Bonchev–Trinajstić information content (AvgIpc) is 3.11. The van der Waals surface area contributed by atoms with Gasteiger partial charge in [-0.25, -0.2) is 0 Å². The van der Waals surface area contributed by atoms with Crippen LogP contribution in [0.15, 0.2) is 60.8 Å². The monoisotopic (exact) mass is 336 g/mol. The summed E-state index contributed by atoms with van der Waals surface area (Å²) in [6.07, 6.45) is 2.34. The number of hydrogen-bond donors (Lipinski definition) is 1. The first-order valence-corrected chi connectivity index (χ1v) is 9.02. The van der Waals surface area contributed by atoms with Gasteiger partial charge in [0.2, 0.25) is 0 Å². The number of likely N-dealkylation sites (tertiary alicyclic amines) is 1. The third-order valence-corrected chi connectivity index (χ3v) is 5.06. The quantitative estimate of drug-likeness (QED) is 0.792. The minimum Gasteiger partial charge on any atom is -0.376 e. The van der Waals surface area contributed by atoms with Gasteiger partial charge in [-0.3, -0.25) is 0 Å². The van der Waals surface area contributed by atoms with Gasteiger partial charge < -0.3 is 14.9 Å². The highest BCUT2D eigenvalue weighted by atomic mass is 16.3. The van der Waals surface area contributed by atoms with Crippen molar-refractivity contribution in [1.82, 2.24) is 4.90 Å². The highest BCUT2D eigenvalue weighted by Gasteiger charge is 2.27. The molecule has 1 saturated heterocycles. The van der Waals surface area contributed by atoms with Crippen LogP contribution in [-0.2, 0) is 0 Å². The minimum atomic E-state index is -0.00881. The molecule has 3 nitrogen and oxygen atoms in total. The maximum Gasteiger partial charge on any atom is 0.116 e. The normalized spacial score (nSPS) is 16.9. The SMILES string of the molecule is C=C(CN(CO)c1ccc(C)cc1)N1CCCC1c1ccc(C)cc1. The topological polar surface area (TPSA) is 26.7 Å². The molecule has 1 heterocycles. The fraction of sp³-hybridized carbons (Fsp3) is 0.364. The molecule has 0 saturated carbocycles. The molecule has 1 unspecified atom stereocenters. The third-order valence-electron chi connectivity index (χ3n) is 5.06. The van der Waals surface area contributed by atoms with Gasteiger partial charge in [0.05, 0.1) is 12.6 Å². The zero-order chi connectivity index (χ0) is 17.8. The van der Waals surface area contributed by atoms with Crippen molar-refractivity contribution in [2.45, 2.75) is 32.7 Å². The van der Waals surface area contributed by atoms with Gasteiger partial charge >= 0.3 is 0 Å². The van der Waals surface area contributed by atoms with E-state index in [1.165, 1.54) is 23.1 Å². The minimum absolute atomic E-state index is 0.00881. The summed E-state index contributed by atoms with van der Waals surface area (Å²) in [5, 5.41) is 9.82. The Morgan fingerprint density at radius 1 is 1.08 bits per heavy atom. The van der Waals surface area contributed by atoms with E-state index in [0.717, 1.165) is 24.4 Å². The summed E-state index contributed by atoms with van der Waals surface area (Å²) in [6.45, 7) is 10.2. The Hall–Kier alpha value is -2.26. The standard InChI is InChI=1S/C22H28N2O/c1-17-6-10-20(11-7-17)22-5-4-14-24(22)19(3)15-23(16-25)21-12-8-18(2)9-13-21/h6-13,22,25H,3-5,14-16H2,1-2H3. The highest BCUT2D eigenvalue weighted by molar-refractivity contribution is 5.48. The molecule has 0 radical (unpaired) electrons. The fourth-order valence-electron chi connectivity index (χ4n) is 3.57. The number of aliphatic hydroxyl groups excluding tert-OH is 1. The van der Waals surface area contributed by atoms with Crippen LogP contribution < -0.4 is 4.90 Å². The summed E-state index contributed by atoms with van der Waals surface area (Å²) >= 11 is 0. The number of hydrogen-bond acceptors (Lipinski definition) is 3. The van der Waals surface area contributed by atoms with Gasteiger partial charge in [-0.05, 0) is 44.4 Å². The lowest BCUT2D eigenvalue weighted by atomic mass is 10.0. The largest absolute Gasteiger partial charge is 0.376 e. The van der Waals surface area contributed by atoms with E-state index in [1.807, 2.05) is 4.90 Å². The van der Waals surface area contributed by atoms with Crippen LogP contribution in [0.5, 0.6) is 0 Å². The first-order chi connectivity index (χ1) is 12.1. The van der Waals surface area contributed by atoms with Crippen LogP contribution in [0.4, 0.5) is 5.69 Å². The zero-order valence-electron chi connectivity index (χ0n) is 15.3. The molecule has 3 rings (SSSR count). The van der Waals surface area contributed by atoms with Crippen LogP contribution in [0.25, 0.3) is 0 Å². The number of rotatable bonds is 6. The Kier molecular flexibility index (Phi) is 5.44. The lowest BCUT2D eigenvalue weighted by molar-refractivity contribution is 0.279. The molecule has 3 heteroatoms. The number of nitrogens with zero attached hydrogens (tertiary/aromatic N) is 2. The van der Waals surface area contributed by atoms with E-state index in [2.05, 4.69) is 73.9 Å². The van der Waals surface area contributed by atoms with Gasteiger partial charge in [-0.15, -0.1) is 0 Å². The molecule has 25 heavy (non-hydrogen) atoms. The summed E-state index contributed by atoms with van der Waals surface area (Å²) in [5.41, 5.74) is 5.96. The molecule has 2 aromatic carbocycles. The zero-order valence-corrected chi connectivity index (χ0v) is 15.3. The predicted octanol–water partition coefficient (Wildman–Crippen LogP) is 4.41. The van der Waals surface area contributed by atoms with Crippen molar-refractivity contribution in [3.63, 3.8) is 0 Å². The van der Waals surface area contributed by atoms with E-state index >= 15 is 0 Å². The molecule has 0 spiro atoms. The summed E-state index contributed by atoms with van der Waals surface area (Å²) in [6, 6.07) is 17.5. The van der Waals surface area contributed by atoms with Crippen molar-refractivity contribution in [3.8, 4) is 0 Å². The molecule has 1 aliphatic heterocycles. The Bertz CT molecular complexity index is 706. The lowest BCUT2D eigenvalue weighted by Crippen LogP contribution is -2.33. The Balaban J connectivity index is 1.72. The summed E-state index contributed by atoms with van der Waals surface area (Å²) in [4.78, 5) is 4.37. The van der Waals surface area contributed by atoms with Crippen LogP contribution in [-0.4, -0.2) is 29.8 Å². The molecular formula is C22H28N2O. The summed E-state index contributed by atoms with van der Waals surface area (Å²) in [5.74, 6) is 0. The number of aliphatic hydroxyl groups is 1. The Labute approximate surface area is 151 Å². The lowest BCUT2D eigenvalue weighted by Gasteiger charge is -2.33. The molecule has 2 aromatic rings. The van der Waals surface area contributed by atoms with Crippen molar-refractivity contribution in [1.29, 1.82) is 0 Å². The molecule has 132 valence electrons. The van der Waals surface area contributed by atoms with E-state index in [-0.39, 0.29) is 6.73 Å². The molecule has 0 amide bonds. The van der Waals surface area contributed by atoms with E-state index in [1.54, 1.807) is 0 Å². The number of benzene rings is 2. The van der Waals surface area contributed by atoms with E-state index < -0.39 is 0 Å². The fourth-order valence-corrected chi connectivity index (χ4v) is 3.57. The molecular weight excluding hydrogens is 308 g/mol. The third kappa shape index (κ3) is 4.05. The summed E-state index contributed by atoms with van der Waals surface area (Å²) < 4.78 is 0. The van der Waals surface area contributed by atoms with Crippen molar-refractivity contribution >= 4 is 5.69 Å². The Morgan fingerprint density at radius 3 is 2.28 bits per heavy atom. The first kappa shape index (κ1) is 17.6. The molecule has 1 N–H and O–H groups in total. The van der Waals surface area contributed by atoms with Gasteiger partial charge in [-0.1, -0.05) is 54.1 Å². The van der Waals surface area contributed by atoms with Crippen LogP contribution in [0.2, 0.25) is 0 Å². The smallest absolute Gasteiger partial charge is 0.116 e. The second-order valence-electron chi connectivity index (χ2n) is 7.00. The molecule has 0 aliphatic carbocycles. The van der Waals surface area contributed by atoms with E-state index in [4.69, 9.17) is 0 Å². The highest BCUT2D eigenvalue weighted by Crippen LogP contribution is 2.35. The van der Waals surface area contributed by atoms with Gasteiger partial charge in [-0.2, -0.15) is 0 Å². The number of anilines is 1. The molecule has 1 atom stereocenters. The molecule has 1 fully saturated rings. The number of aryl methyl sites for hydroxylation is 2. The maximum absolute atomic E-state index is 9.82. The second kappa shape index (κ2) is 7.75. The van der Waals surface area contributed by atoms with Crippen LogP contribution in [0, 0.1) is 13.8 Å². The van der Waals surface area contributed by atoms with E-state index in [0.29, 0.717) is 12.6 Å². The van der Waals surface area contributed by atoms with Crippen molar-refractivity contribution < 1.29 is 5.11 Å². The van der Waals surface area contributed by atoms with Crippen molar-refractivity contribution in [2.24, 2.45) is 0 Å². The van der Waals surface area contributed by atoms with Gasteiger partial charge in [0, 0.05) is 17.9 Å². The molecule has 1 aliphatic rings. The van der Waals surface area contributed by atoms with Crippen LogP contribution in [0.3, 0.4) is 0 Å². The second-order valence-corrected chi connectivity index (χ2v) is 7.00.